The van der Waals surface area contributed by atoms with Crippen molar-refractivity contribution in [1.82, 2.24) is 4.98 Å². The third-order valence-corrected chi connectivity index (χ3v) is 2.30. The van der Waals surface area contributed by atoms with Gasteiger partial charge in [-0.2, -0.15) is 0 Å². The number of nitrogens with zero attached hydrogens (tertiary/aromatic N) is 1. The van der Waals surface area contributed by atoms with Crippen LogP contribution in [-0.4, -0.2) is 10.1 Å². The predicted molar refractivity (Wildman–Crippen MR) is 64.2 cm³/mol. The van der Waals surface area contributed by atoms with E-state index in [-0.39, 0.29) is 18.3 Å². The summed E-state index contributed by atoms with van der Waals surface area (Å²) in [7, 11) is 0. The van der Waals surface area contributed by atoms with E-state index in [0.29, 0.717) is 17.5 Å². The molecule has 2 aromatic rings. The first-order valence-corrected chi connectivity index (χ1v) is 5.01. The van der Waals surface area contributed by atoms with Gasteiger partial charge in [0.15, 0.2) is 11.3 Å². The highest BCUT2D eigenvalue weighted by molar-refractivity contribution is 5.85. The molecule has 0 saturated carbocycles. The monoisotopic (exact) mass is 242 g/mol. The smallest absolute Gasteiger partial charge is 0.242 e. The van der Waals surface area contributed by atoms with Gasteiger partial charge in [-0.3, -0.25) is 5.73 Å². The molecule has 1 aromatic carbocycles. The summed E-state index contributed by atoms with van der Waals surface area (Å²) in [5, 5.41) is 9.91. The molecule has 0 radical (unpaired) electrons. The molecule has 0 bridgehead atoms. The molecule has 16 heavy (non-hydrogen) atoms. The highest BCUT2D eigenvalue weighted by Crippen LogP contribution is 2.24. The van der Waals surface area contributed by atoms with Crippen LogP contribution in [0.25, 0.3) is 11.1 Å². The fourth-order valence-corrected chi connectivity index (χ4v) is 1.55. The molecule has 0 saturated heterocycles. The van der Waals surface area contributed by atoms with Crippen LogP contribution < -0.4 is 5.73 Å². The molecule has 88 valence electrons. The number of aromatic nitrogens is 1. The van der Waals surface area contributed by atoms with Crippen LogP contribution in [0.2, 0.25) is 0 Å². The van der Waals surface area contributed by atoms with Crippen molar-refractivity contribution in [3.05, 3.63) is 30.2 Å². The Morgan fingerprint density at radius 3 is 2.75 bits per heavy atom. The summed E-state index contributed by atoms with van der Waals surface area (Å²) < 4.78 is 5.40. The van der Waals surface area contributed by atoms with Crippen molar-refractivity contribution >= 4 is 23.5 Å². The molecule has 0 fully saturated rings. The van der Waals surface area contributed by atoms with Crippen LogP contribution in [0.15, 0.2) is 28.7 Å². The van der Waals surface area contributed by atoms with Crippen molar-refractivity contribution in [1.29, 1.82) is 0 Å². The Bertz CT molecular complexity index is 435. The zero-order valence-corrected chi connectivity index (χ0v) is 9.83. The van der Waals surface area contributed by atoms with Gasteiger partial charge in [0.05, 0.1) is 0 Å². The molecule has 2 rings (SSSR count). The Labute approximate surface area is 99.9 Å². The summed E-state index contributed by atoms with van der Waals surface area (Å²) in [5.74, 6) is 0.186. The van der Waals surface area contributed by atoms with Crippen LogP contribution in [0, 0.1) is 0 Å². The summed E-state index contributed by atoms with van der Waals surface area (Å²) in [6.07, 6.45) is 1.20. The summed E-state index contributed by atoms with van der Waals surface area (Å²) in [4.78, 5) is 4.16. The molecule has 0 aliphatic rings. The maximum atomic E-state index is 9.91. The second-order valence-electron chi connectivity index (χ2n) is 3.66. The number of nitrogens with two attached hydrogens (primary N) is 1. The van der Waals surface area contributed by atoms with Gasteiger partial charge in [0.25, 0.3) is 0 Å². The number of benzene rings is 1. The molecule has 5 heteroatoms. The third-order valence-electron chi connectivity index (χ3n) is 2.30. The number of hydrogen-bond acceptors (Lipinski definition) is 4. The average Bonchev–Trinajstić information content (AvgIpc) is 2.61. The van der Waals surface area contributed by atoms with E-state index in [9.17, 15) is 5.11 Å². The predicted octanol–water partition coefficient (Wildman–Crippen LogP) is 2.15. The van der Waals surface area contributed by atoms with Crippen molar-refractivity contribution in [2.45, 2.75) is 25.5 Å². The Hall–Kier alpha value is -1.10. The van der Waals surface area contributed by atoms with Gasteiger partial charge in [0, 0.05) is 0 Å². The molecule has 1 heterocycles. The van der Waals surface area contributed by atoms with Gasteiger partial charge in [-0.1, -0.05) is 25.5 Å². The van der Waals surface area contributed by atoms with Gasteiger partial charge in [0.1, 0.15) is 5.52 Å². The van der Waals surface area contributed by atoms with Crippen LogP contribution in [0.3, 0.4) is 0 Å². The molecular formula is C11H15ClN2O2. The van der Waals surface area contributed by atoms with Gasteiger partial charge >= 0.3 is 0 Å². The SMILES string of the molecule is CCCC(N)(O)c1nc2ccccc2o1.Cl. The largest absolute Gasteiger partial charge is 0.436 e. The second-order valence-corrected chi connectivity index (χ2v) is 3.66. The minimum absolute atomic E-state index is 0. The fourth-order valence-electron chi connectivity index (χ4n) is 1.55. The summed E-state index contributed by atoms with van der Waals surface area (Å²) in [5.41, 5.74) is 5.61. The highest BCUT2D eigenvalue weighted by Gasteiger charge is 2.28. The lowest BCUT2D eigenvalue weighted by molar-refractivity contribution is 0.00787. The quantitative estimate of drug-likeness (QED) is 0.809. The first kappa shape index (κ1) is 13.0. The minimum Gasteiger partial charge on any atom is -0.436 e. The van der Waals surface area contributed by atoms with E-state index in [4.69, 9.17) is 10.2 Å². The number of rotatable bonds is 3. The van der Waals surface area contributed by atoms with Gasteiger partial charge in [-0.25, -0.2) is 4.98 Å². The van der Waals surface area contributed by atoms with Gasteiger partial charge in [0.2, 0.25) is 5.89 Å². The van der Waals surface area contributed by atoms with Gasteiger partial charge < -0.3 is 9.52 Å². The van der Waals surface area contributed by atoms with Crippen LogP contribution in [-0.2, 0) is 5.72 Å². The number of oxazole rings is 1. The maximum absolute atomic E-state index is 9.91. The fraction of sp³-hybridized carbons (Fsp3) is 0.364. The zero-order valence-electron chi connectivity index (χ0n) is 9.01. The number of halogens is 1. The Morgan fingerprint density at radius 2 is 2.12 bits per heavy atom. The number of para-hydroxylation sites is 2. The molecule has 0 spiro atoms. The first-order valence-electron chi connectivity index (χ1n) is 5.01. The molecule has 0 aliphatic carbocycles. The summed E-state index contributed by atoms with van der Waals surface area (Å²) in [6, 6.07) is 7.34. The van der Waals surface area contributed by atoms with Crippen molar-refractivity contribution in [2.24, 2.45) is 5.73 Å². The molecule has 4 nitrogen and oxygen atoms in total. The molecule has 3 N–H and O–H groups in total. The van der Waals surface area contributed by atoms with E-state index in [2.05, 4.69) is 4.98 Å². The highest BCUT2D eigenvalue weighted by atomic mass is 35.5. The lowest BCUT2D eigenvalue weighted by Gasteiger charge is -2.17. The second kappa shape index (κ2) is 4.82. The third kappa shape index (κ3) is 2.35. The van der Waals surface area contributed by atoms with Crippen LogP contribution in [0.1, 0.15) is 25.7 Å². The molecule has 0 aliphatic heterocycles. The van der Waals surface area contributed by atoms with Crippen molar-refractivity contribution < 1.29 is 9.52 Å². The van der Waals surface area contributed by atoms with Crippen molar-refractivity contribution in [3.8, 4) is 0 Å². The molecule has 1 aromatic heterocycles. The van der Waals surface area contributed by atoms with E-state index in [0.717, 1.165) is 6.42 Å². The van der Waals surface area contributed by atoms with E-state index >= 15 is 0 Å². The lowest BCUT2D eigenvalue weighted by atomic mass is 10.1. The molecule has 1 atom stereocenters. The van der Waals surface area contributed by atoms with Crippen LogP contribution in [0.4, 0.5) is 0 Å². The standard InChI is InChI=1S/C11H14N2O2.ClH/c1-2-7-11(12,14)10-13-8-5-3-4-6-9(8)15-10;/h3-6,14H,2,7,12H2,1H3;1H. The molecular weight excluding hydrogens is 228 g/mol. The number of fused-ring (bicyclic) bond motifs is 1. The van der Waals surface area contributed by atoms with E-state index in [1.54, 1.807) is 6.07 Å². The van der Waals surface area contributed by atoms with Gasteiger partial charge in [-0.05, 0) is 18.6 Å². The molecule has 0 amide bonds. The summed E-state index contributed by atoms with van der Waals surface area (Å²) in [6.45, 7) is 1.94. The lowest BCUT2D eigenvalue weighted by Crippen LogP contribution is -2.36. The average molecular weight is 243 g/mol. The Kier molecular flexibility index (Phi) is 3.91. The number of aliphatic hydroxyl groups is 1. The maximum Gasteiger partial charge on any atom is 0.242 e. The first-order chi connectivity index (χ1) is 7.13. The topological polar surface area (TPSA) is 72.3 Å². The van der Waals surface area contributed by atoms with Crippen LogP contribution in [0.5, 0.6) is 0 Å². The van der Waals surface area contributed by atoms with Crippen molar-refractivity contribution in [2.75, 3.05) is 0 Å². The van der Waals surface area contributed by atoms with E-state index < -0.39 is 5.72 Å². The Balaban J connectivity index is 0.00000128. The van der Waals surface area contributed by atoms with Crippen molar-refractivity contribution in [3.63, 3.8) is 0 Å². The van der Waals surface area contributed by atoms with E-state index in [1.165, 1.54) is 0 Å². The zero-order chi connectivity index (χ0) is 10.9. The van der Waals surface area contributed by atoms with E-state index in [1.807, 2.05) is 25.1 Å². The van der Waals surface area contributed by atoms with Crippen LogP contribution >= 0.6 is 12.4 Å². The number of hydrogen-bond donors (Lipinski definition) is 2. The minimum atomic E-state index is -1.46. The normalized spacial score (nSPS) is 14.4. The molecule has 1 unspecified atom stereocenters. The Morgan fingerprint density at radius 1 is 1.44 bits per heavy atom. The summed E-state index contributed by atoms with van der Waals surface area (Å²) >= 11 is 0. The van der Waals surface area contributed by atoms with Gasteiger partial charge in [-0.15, -0.1) is 12.4 Å².